The largest absolute Gasteiger partial charge is 0.340 e. The van der Waals surface area contributed by atoms with E-state index in [1.54, 1.807) is 24.4 Å². The monoisotopic (exact) mass is 400 g/mol. The number of carbonyl (C=O) groups excluding carboxylic acids is 1. The Morgan fingerprint density at radius 2 is 1.43 bits per heavy atom. The molecule has 2 aromatic carbocycles. The molecule has 0 aliphatic rings. The molecule has 0 saturated carbocycles. The smallest absolute Gasteiger partial charge is 0.255 e. The minimum Gasteiger partial charge on any atom is -0.340 e. The maximum Gasteiger partial charge on any atom is 0.255 e. The molecule has 0 atom stereocenters. The number of aromatic nitrogens is 3. The first-order valence-corrected chi connectivity index (χ1v) is 9.10. The summed E-state index contributed by atoms with van der Waals surface area (Å²) in [5.74, 6) is 1.20. The summed E-state index contributed by atoms with van der Waals surface area (Å²) >= 11 is 0. The van der Waals surface area contributed by atoms with E-state index >= 15 is 0 Å². The van der Waals surface area contributed by atoms with Gasteiger partial charge in [0.15, 0.2) is 0 Å². The van der Waals surface area contributed by atoms with E-state index in [-0.39, 0.29) is 11.7 Å². The lowest BCUT2D eigenvalue weighted by atomic mass is 10.2. The van der Waals surface area contributed by atoms with Gasteiger partial charge in [-0.1, -0.05) is 6.07 Å². The summed E-state index contributed by atoms with van der Waals surface area (Å²) < 4.78 is 13.0. The van der Waals surface area contributed by atoms with Crippen LogP contribution in [0.1, 0.15) is 10.4 Å². The van der Waals surface area contributed by atoms with E-state index < -0.39 is 0 Å². The van der Waals surface area contributed by atoms with E-state index in [2.05, 4.69) is 30.9 Å². The number of hydrogen-bond donors (Lipinski definition) is 3. The van der Waals surface area contributed by atoms with E-state index in [9.17, 15) is 9.18 Å². The van der Waals surface area contributed by atoms with E-state index in [1.165, 1.54) is 30.6 Å². The van der Waals surface area contributed by atoms with Crippen LogP contribution in [0, 0.1) is 5.82 Å². The zero-order chi connectivity index (χ0) is 20.8. The van der Waals surface area contributed by atoms with Gasteiger partial charge in [-0.25, -0.2) is 19.3 Å². The zero-order valence-electron chi connectivity index (χ0n) is 15.7. The number of pyridine rings is 1. The predicted octanol–water partition coefficient (Wildman–Crippen LogP) is 4.75. The lowest BCUT2D eigenvalue weighted by Crippen LogP contribution is -2.11. The number of amides is 1. The molecule has 0 unspecified atom stereocenters. The SMILES string of the molecule is O=C(Nc1ccc(Nc2cc(Nc3ccccn3)ncn2)cc1)c1ccc(F)cc1. The molecule has 0 spiro atoms. The lowest BCUT2D eigenvalue weighted by molar-refractivity contribution is 0.102. The summed E-state index contributed by atoms with van der Waals surface area (Å²) in [6.45, 7) is 0. The zero-order valence-corrected chi connectivity index (χ0v) is 15.7. The van der Waals surface area contributed by atoms with Gasteiger partial charge in [0.05, 0.1) is 0 Å². The molecule has 0 aliphatic heterocycles. The standard InChI is InChI=1S/C22H17FN6O/c23-16-6-4-15(5-7-16)22(30)28-18-10-8-17(9-11-18)27-20-13-21(26-14-25-20)29-19-3-1-2-12-24-19/h1-14H,(H,28,30)(H2,24,25,26,27,29). The second kappa shape index (κ2) is 8.78. The molecule has 0 saturated heterocycles. The Morgan fingerprint density at radius 1 is 0.733 bits per heavy atom. The summed E-state index contributed by atoms with van der Waals surface area (Å²) in [6.07, 6.45) is 3.14. The molecule has 2 heterocycles. The third-order valence-electron chi connectivity index (χ3n) is 4.11. The van der Waals surface area contributed by atoms with E-state index in [0.717, 1.165) is 5.69 Å². The van der Waals surface area contributed by atoms with Gasteiger partial charge in [0.1, 0.15) is 29.6 Å². The van der Waals surface area contributed by atoms with E-state index in [1.807, 2.05) is 30.3 Å². The average Bonchev–Trinajstić information content (AvgIpc) is 2.76. The highest BCUT2D eigenvalue weighted by atomic mass is 19.1. The van der Waals surface area contributed by atoms with Crippen molar-refractivity contribution < 1.29 is 9.18 Å². The van der Waals surface area contributed by atoms with Crippen LogP contribution in [0.3, 0.4) is 0 Å². The molecule has 8 heteroatoms. The highest BCUT2D eigenvalue weighted by Gasteiger charge is 2.06. The Kier molecular flexibility index (Phi) is 5.56. The normalized spacial score (nSPS) is 10.3. The third kappa shape index (κ3) is 4.93. The van der Waals surface area contributed by atoms with Gasteiger partial charge in [0, 0.05) is 29.2 Å². The van der Waals surface area contributed by atoms with Gasteiger partial charge in [-0.3, -0.25) is 4.79 Å². The fourth-order valence-corrected chi connectivity index (χ4v) is 2.65. The predicted molar refractivity (Wildman–Crippen MR) is 114 cm³/mol. The quantitative estimate of drug-likeness (QED) is 0.433. The fraction of sp³-hybridized carbons (Fsp3) is 0. The highest BCUT2D eigenvalue weighted by Crippen LogP contribution is 2.20. The van der Waals surface area contributed by atoms with Crippen LogP contribution < -0.4 is 16.0 Å². The molecule has 7 nitrogen and oxygen atoms in total. The molecule has 0 radical (unpaired) electrons. The Bertz CT molecular complexity index is 1130. The van der Waals surface area contributed by atoms with Crippen molar-refractivity contribution >= 4 is 34.7 Å². The summed E-state index contributed by atoms with van der Waals surface area (Å²) in [7, 11) is 0. The molecule has 30 heavy (non-hydrogen) atoms. The number of anilines is 5. The van der Waals surface area contributed by atoms with Crippen LogP contribution in [0.2, 0.25) is 0 Å². The lowest BCUT2D eigenvalue weighted by Gasteiger charge is -2.10. The van der Waals surface area contributed by atoms with Crippen LogP contribution in [0.25, 0.3) is 0 Å². The summed E-state index contributed by atoms with van der Waals surface area (Å²) in [6, 6.07) is 19.8. The number of halogens is 1. The molecule has 0 aliphatic carbocycles. The second-order valence-corrected chi connectivity index (χ2v) is 6.29. The van der Waals surface area contributed by atoms with Crippen LogP contribution in [-0.4, -0.2) is 20.9 Å². The van der Waals surface area contributed by atoms with E-state index in [4.69, 9.17) is 0 Å². The molecule has 1 amide bonds. The minimum absolute atomic E-state index is 0.309. The van der Waals surface area contributed by atoms with Gasteiger partial charge in [-0.15, -0.1) is 0 Å². The van der Waals surface area contributed by atoms with Crippen molar-refractivity contribution in [3.05, 3.63) is 96.7 Å². The molecule has 148 valence electrons. The first kappa shape index (κ1) is 19.0. The molecule has 4 rings (SSSR count). The van der Waals surface area contributed by atoms with Crippen molar-refractivity contribution in [2.24, 2.45) is 0 Å². The van der Waals surface area contributed by atoms with Gasteiger partial charge in [0.2, 0.25) is 0 Å². The second-order valence-electron chi connectivity index (χ2n) is 6.29. The third-order valence-corrected chi connectivity index (χ3v) is 4.11. The fourth-order valence-electron chi connectivity index (χ4n) is 2.65. The number of rotatable bonds is 6. The number of benzene rings is 2. The van der Waals surface area contributed by atoms with Crippen LogP contribution in [0.5, 0.6) is 0 Å². The Balaban J connectivity index is 1.39. The first-order valence-electron chi connectivity index (χ1n) is 9.10. The first-order chi connectivity index (χ1) is 14.7. The summed E-state index contributed by atoms with van der Waals surface area (Å²) in [4.78, 5) is 24.8. The number of carbonyl (C=O) groups is 1. The van der Waals surface area contributed by atoms with Crippen LogP contribution in [0.4, 0.5) is 33.2 Å². The molecular formula is C22H17FN6O. The topological polar surface area (TPSA) is 91.8 Å². The van der Waals surface area contributed by atoms with Crippen LogP contribution in [-0.2, 0) is 0 Å². The minimum atomic E-state index is -0.384. The van der Waals surface area contributed by atoms with Gasteiger partial charge >= 0.3 is 0 Å². The van der Waals surface area contributed by atoms with Gasteiger partial charge in [-0.2, -0.15) is 0 Å². The van der Waals surface area contributed by atoms with Crippen LogP contribution >= 0.6 is 0 Å². The van der Waals surface area contributed by atoms with Crippen LogP contribution in [0.15, 0.2) is 85.3 Å². The maximum atomic E-state index is 13.0. The van der Waals surface area contributed by atoms with Crippen molar-refractivity contribution in [3.8, 4) is 0 Å². The van der Waals surface area contributed by atoms with Crippen molar-refractivity contribution in [1.82, 2.24) is 15.0 Å². The van der Waals surface area contributed by atoms with Crippen molar-refractivity contribution in [3.63, 3.8) is 0 Å². The molecule has 0 fully saturated rings. The summed E-state index contributed by atoms with van der Waals surface area (Å²) in [5, 5.41) is 9.06. The van der Waals surface area contributed by atoms with Crippen molar-refractivity contribution in [2.45, 2.75) is 0 Å². The molecular weight excluding hydrogens is 383 g/mol. The van der Waals surface area contributed by atoms with Gasteiger partial charge in [-0.05, 0) is 60.7 Å². The molecule has 0 bridgehead atoms. The Hall–Kier alpha value is -4.33. The number of hydrogen-bond acceptors (Lipinski definition) is 6. The molecule has 3 N–H and O–H groups in total. The summed E-state index contributed by atoms with van der Waals surface area (Å²) in [5.41, 5.74) is 1.79. The van der Waals surface area contributed by atoms with Crippen molar-refractivity contribution in [1.29, 1.82) is 0 Å². The Morgan fingerprint density at radius 3 is 2.13 bits per heavy atom. The van der Waals surface area contributed by atoms with Gasteiger partial charge < -0.3 is 16.0 Å². The molecule has 4 aromatic rings. The number of nitrogens with one attached hydrogen (secondary N) is 3. The van der Waals surface area contributed by atoms with E-state index in [0.29, 0.717) is 28.7 Å². The average molecular weight is 400 g/mol. The Labute approximate surface area is 172 Å². The maximum absolute atomic E-state index is 13.0. The molecule has 2 aromatic heterocycles. The van der Waals surface area contributed by atoms with Crippen molar-refractivity contribution in [2.75, 3.05) is 16.0 Å². The highest BCUT2D eigenvalue weighted by molar-refractivity contribution is 6.04. The van der Waals surface area contributed by atoms with Gasteiger partial charge in [0.25, 0.3) is 5.91 Å². The number of nitrogens with zero attached hydrogens (tertiary/aromatic N) is 3.